The number of rotatable bonds is 9. The van der Waals surface area contributed by atoms with Gasteiger partial charge >= 0.3 is 6.18 Å². The van der Waals surface area contributed by atoms with Crippen molar-refractivity contribution in [2.75, 3.05) is 64.3 Å². The molecule has 0 bridgehead atoms. The van der Waals surface area contributed by atoms with Gasteiger partial charge in [-0.1, -0.05) is 45.7 Å². The molecule has 48 heavy (non-hydrogen) atoms. The van der Waals surface area contributed by atoms with Gasteiger partial charge in [0.05, 0.1) is 47.8 Å². The Morgan fingerprint density at radius 1 is 0.896 bits per heavy atom. The molecule has 0 saturated carbocycles. The Bertz CT molecular complexity index is 1660. The quantitative estimate of drug-likeness (QED) is 0.233. The number of halogens is 5. The van der Waals surface area contributed by atoms with Crippen LogP contribution in [-0.2, 0) is 22.3 Å². The van der Waals surface area contributed by atoms with Crippen molar-refractivity contribution in [3.8, 4) is 0 Å². The molecule has 2 saturated heterocycles. The summed E-state index contributed by atoms with van der Waals surface area (Å²) in [5, 5.41) is 6.09. The van der Waals surface area contributed by atoms with Gasteiger partial charge in [0.15, 0.2) is 0 Å². The van der Waals surface area contributed by atoms with Crippen molar-refractivity contribution in [3.63, 3.8) is 0 Å². The second kappa shape index (κ2) is 16.1. The van der Waals surface area contributed by atoms with Gasteiger partial charge in [-0.15, -0.1) is 0 Å². The van der Waals surface area contributed by atoms with Crippen LogP contribution in [0.15, 0.2) is 70.2 Å². The lowest BCUT2D eigenvalue weighted by Gasteiger charge is -2.36. The van der Waals surface area contributed by atoms with Crippen LogP contribution in [-0.4, -0.2) is 97.7 Å². The molecule has 2 fully saturated rings. The zero-order valence-corrected chi connectivity index (χ0v) is 28.1. The number of nitrogens with one attached hydrogen (secondary N) is 2. The summed E-state index contributed by atoms with van der Waals surface area (Å²) in [4.78, 5) is 45.0. The number of hydrogen-bond donors (Lipinski definition) is 2. The first-order chi connectivity index (χ1) is 23.0. The van der Waals surface area contributed by atoms with Crippen LogP contribution in [0.3, 0.4) is 0 Å². The summed E-state index contributed by atoms with van der Waals surface area (Å²) >= 11 is 8.97. The molecule has 2 heterocycles. The van der Waals surface area contributed by atoms with Gasteiger partial charge in [-0.3, -0.25) is 24.2 Å². The molecule has 0 atom stereocenters. The maximum Gasteiger partial charge on any atom is 0.417 e. The number of alkyl halides is 3. The van der Waals surface area contributed by atoms with Crippen molar-refractivity contribution >= 4 is 57.2 Å². The molecule has 2 N–H and O–H groups in total. The fourth-order valence-electron chi connectivity index (χ4n) is 5.30. The van der Waals surface area contributed by atoms with E-state index in [9.17, 15) is 27.6 Å². The summed E-state index contributed by atoms with van der Waals surface area (Å²) in [6.45, 7) is 6.84. The standard InChI is InChI=1S/C33H33BrClF3N6O4/c34-25-6-8-29(26(18-25)32(47)41-39-19-23-3-7-28(35)27(17-23)33(36,37)38)40-31(46)24-4-1-22(2-5-24)20-42-9-11-43(12-10-42)21-30(45)44-13-15-48-16-14-44/h1-8,17-19H,9-16,20-21H2,(H,40,46)(H,41,47)/b39-19-. The first-order valence-corrected chi connectivity index (χ1v) is 16.3. The predicted molar refractivity (Wildman–Crippen MR) is 179 cm³/mol. The highest BCUT2D eigenvalue weighted by Crippen LogP contribution is 2.35. The van der Waals surface area contributed by atoms with E-state index >= 15 is 0 Å². The van der Waals surface area contributed by atoms with Crippen LogP contribution in [0, 0.1) is 0 Å². The highest BCUT2D eigenvalue weighted by atomic mass is 79.9. The van der Waals surface area contributed by atoms with Gasteiger partial charge in [-0.2, -0.15) is 18.3 Å². The van der Waals surface area contributed by atoms with Crippen LogP contribution < -0.4 is 10.7 Å². The third-order valence-corrected chi connectivity index (χ3v) is 8.78. The van der Waals surface area contributed by atoms with Crippen LogP contribution >= 0.6 is 27.5 Å². The molecule has 0 aliphatic carbocycles. The molecule has 3 amide bonds. The van der Waals surface area contributed by atoms with Gasteiger partial charge in [0.1, 0.15) is 0 Å². The summed E-state index contributed by atoms with van der Waals surface area (Å²) < 4.78 is 45.4. The lowest BCUT2D eigenvalue weighted by Crippen LogP contribution is -2.51. The number of piperazine rings is 1. The lowest BCUT2D eigenvalue weighted by atomic mass is 10.1. The minimum atomic E-state index is -4.64. The highest BCUT2D eigenvalue weighted by molar-refractivity contribution is 9.10. The number of anilines is 1. The van der Waals surface area contributed by atoms with Crippen molar-refractivity contribution in [2.24, 2.45) is 5.10 Å². The van der Waals surface area contributed by atoms with E-state index < -0.39 is 28.6 Å². The lowest BCUT2D eigenvalue weighted by molar-refractivity contribution is -0.138. The molecular weight excluding hydrogens is 717 g/mol. The fraction of sp³-hybridized carbons (Fsp3) is 0.333. The summed E-state index contributed by atoms with van der Waals surface area (Å²) in [6, 6.07) is 15.2. The Balaban J connectivity index is 1.13. The van der Waals surface area contributed by atoms with Gasteiger partial charge in [-0.05, 0) is 53.6 Å². The zero-order valence-electron chi connectivity index (χ0n) is 25.7. The number of nitrogens with zero attached hydrogens (tertiary/aromatic N) is 4. The van der Waals surface area contributed by atoms with E-state index in [-0.39, 0.29) is 22.7 Å². The van der Waals surface area contributed by atoms with E-state index in [1.54, 1.807) is 24.3 Å². The minimum absolute atomic E-state index is 0.0801. The summed E-state index contributed by atoms with van der Waals surface area (Å²) in [5.74, 6) is -0.972. The maximum absolute atomic E-state index is 13.2. The molecule has 2 aliphatic heterocycles. The van der Waals surface area contributed by atoms with Gasteiger partial charge in [0.2, 0.25) is 5.91 Å². The van der Waals surface area contributed by atoms with Crippen molar-refractivity contribution in [1.82, 2.24) is 20.1 Å². The predicted octanol–water partition coefficient (Wildman–Crippen LogP) is 5.11. The van der Waals surface area contributed by atoms with Crippen LogP contribution in [0.2, 0.25) is 5.02 Å². The van der Waals surface area contributed by atoms with Crippen LogP contribution in [0.5, 0.6) is 0 Å². The van der Waals surface area contributed by atoms with Gasteiger partial charge in [0.25, 0.3) is 11.8 Å². The third-order valence-electron chi connectivity index (χ3n) is 7.96. The summed E-state index contributed by atoms with van der Waals surface area (Å²) in [7, 11) is 0. The highest BCUT2D eigenvalue weighted by Gasteiger charge is 2.33. The van der Waals surface area contributed by atoms with E-state index in [0.29, 0.717) is 49.4 Å². The van der Waals surface area contributed by atoms with E-state index in [2.05, 4.69) is 41.6 Å². The second-order valence-electron chi connectivity index (χ2n) is 11.3. The molecular formula is C33H33BrClF3N6O4. The number of hydrogen-bond acceptors (Lipinski definition) is 7. The van der Waals surface area contributed by atoms with Crippen molar-refractivity contribution in [3.05, 3.63) is 98.0 Å². The molecule has 5 rings (SSSR count). The number of morpholine rings is 1. The smallest absolute Gasteiger partial charge is 0.378 e. The first-order valence-electron chi connectivity index (χ1n) is 15.2. The Kier molecular flexibility index (Phi) is 11.9. The number of hydrazone groups is 1. The molecule has 3 aromatic rings. The second-order valence-corrected chi connectivity index (χ2v) is 12.6. The SMILES string of the molecule is O=C(Nc1ccc(Br)cc1C(=O)N/N=C\c1ccc(Cl)c(C(F)(F)F)c1)c1ccc(CN2CCN(CC(=O)N3CCOCC3)CC2)cc1. The maximum atomic E-state index is 13.2. The first kappa shape index (κ1) is 35.5. The molecule has 15 heteroatoms. The Hall–Kier alpha value is -3.82. The Morgan fingerprint density at radius 3 is 2.27 bits per heavy atom. The zero-order chi connectivity index (χ0) is 34.3. The fourth-order valence-corrected chi connectivity index (χ4v) is 5.89. The molecule has 3 aromatic carbocycles. The van der Waals surface area contributed by atoms with Gasteiger partial charge < -0.3 is 15.0 Å². The van der Waals surface area contributed by atoms with E-state index in [0.717, 1.165) is 50.1 Å². The molecule has 0 unspecified atom stereocenters. The average molecular weight is 750 g/mol. The number of amides is 3. The van der Waals surface area contributed by atoms with Crippen molar-refractivity contribution in [1.29, 1.82) is 0 Å². The van der Waals surface area contributed by atoms with E-state index in [1.165, 1.54) is 12.1 Å². The number of benzene rings is 3. The number of ether oxygens (including phenoxy) is 1. The topological polar surface area (TPSA) is 107 Å². The molecule has 254 valence electrons. The Morgan fingerprint density at radius 2 is 1.58 bits per heavy atom. The van der Waals surface area contributed by atoms with E-state index in [1.807, 2.05) is 17.0 Å². The normalized spacial score (nSPS) is 16.2. The summed E-state index contributed by atoms with van der Waals surface area (Å²) in [6.07, 6.45) is -3.58. The number of carbonyl (C=O) groups is 3. The van der Waals surface area contributed by atoms with Gasteiger partial charge in [0, 0.05) is 55.8 Å². The average Bonchev–Trinajstić information content (AvgIpc) is 3.07. The van der Waals surface area contributed by atoms with Gasteiger partial charge in [-0.25, -0.2) is 5.43 Å². The molecule has 2 aliphatic rings. The number of carbonyl (C=O) groups excluding carboxylic acids is 3. The monoisotopic (exact) mass is 748 g/mol. The van der Waals surface area contributed by atoms with Crippen LogP contribution in [0.1, 0.15) is 37.4 Å². The molecule has 0 spiro atoms. The molecule has 0 aromatic heterocycles. The largest absolute Gasteiger partial charge is 0.417 e. The van der Waals surface area contributed by atoms with Crippen LogP contribution in [0.4, 0.5) is 18.9 Å². The third kappa shape index (κ3) is 9.63. The van der Waals surface area contributed by atoms with Crippen molar-refractivity contribution < 1.29 is 32.3 Å². The summed E-state index contributed by atoms with van der Waals surface area (Å²) in [5.41, 5.74) is 3.08. The molecule has 10 nitrogen and oxygen atoms in total. The molecule has 0 radical (unpaired) electrons. The minimum Gasteiger partial charge on any atom is -0.378 e. The van der Waals surface area contributed by atoms with Crippen molar-refractivity contribution in [2.45, 2.75) is 12.7 Å². The van der Waals surface area contributed by atoms with Crippen LogP contribution in [0.25, 0.3) is 0 Å². The van der Waals surface area contributed by atoms with E-state index in [4.69, 9.17) is 16.3 Å². The Labute approximate surface area is 289 Å².